The van der Waals surface area contributed by atoms with Crippen LogP contribution in [0.5, 0.6) is 0 Å². The molecule has 1 aromatic rings. The van der Waals surface area contributed by atoms with Crippen LogP contribution in [0.1, 0.15) is 61.0 Å². The molecule has 7 heteroatoms. The van der Waals surface area contributed by atoms with E-state index in [1.165, 1.54) is 21.3 Å². The number of aliphatic imine (C=N–C) groups is 1. The van der Waals surface area contributed by atoms with Crippen molar-refractivity contribution >= 4 is 23.6 Å². The molecule has 2 atom stereocenters. The van der Waals surface area contributed by atoms with Crippen LogP contribution in [0.25, 0.3) is 0 Å². The van der Waals surface area contributed by atoms with Gasteiger partial charge in [0.2, 0.25) is 0 Å². The van der Waals surface area contributed by atoms with Crippen LogP contribution in [-0.4, -0.2) is 44.9 Å². The highest BCUT2D eigenvalue weighted by Gasteiger charge is 2.43. The van der Waals surface area contributed by atoms with E-state index in [1.807, 2.05) is 19.9 Å². The smallest absolute Gasteiger partial charge is 0.338 e. The predicted octanol–water partition coefficient (Wildman–Crippen LogP) is 3.39. The van der Waals surface area contributed by atoms with Crippen molar-refractivity contribution in [2.75, 3.05) is 21.3 Å². The second kappa shape index (κ2) is 9.03. The Morgan fingerprint density at radius 3 is 2.10 bits per heavy atom. The number of hydrogen-bond donors (Lipinski definition) is 0. The first-order chi connectivity index (χ1) is 13.7. The van der Waals surface area contributed by atoms with Crippen molar-refractivity contribution in [3.63, 3.8) is 0 Å². The Bertz CT molecular complexity index is 897. The summed E-state index contributed by atoms with van der Waals surface area (Å²) in [5, 5.41) is 0. The maximum absolute atomic E-state index is 12.7. The van der Waals surface area contributed by atoms with Gasteiger partial charge in [-0.1, -0.05) is 26.0 Å². The molecule has 1 aliphatic heterocycles. The zero-order chi connectivity index (χ0) is 21.9. The Balaban J connectivity index is 2.84. The first-order valence-corrected chi connectivity index (χ1v) is 9.32. The summed E-state index contributed by atoms with van der Waals surface area (Å²) in [7, 11) is 3.83. The maximum atomic E-state index is 12.7. The molecule has 0 aromatic heterocycles. The summed E-state index contributed by atoms with van der Waals surface area (Å²) in [5.41, 5.74) is 2.87. The molecule has 0 radical (unpaired) electrons. The number of hydrogen-bond acceptors (Lipinski definition) is 7. The van der Waals surface area contributed by atoms with Crippen molar-refractivity contribution in [2.24, 2.45) is 10.9 Å². The average molecular weight is 401 g/mol. The van der Waals surface area contributed by atoms with Gasteiger partial charge >= 0.3 is 17.9 Å². The van der Waals surface area contributed by atoms with Crippen molar-refractivity contribution < 1.29 is 28.6 Å². The highest BCUT2D eigenvalue weighted by Crippen LogP contribution is 2.42. The van der Waals surface area contributed by atoms with Gasteiger partial charge in [0.05, 0.1) is 32.5 Å². The largest absolute Gasteiger partial charge is 0.468 e. The molecule has 2 unspecified atom stereocenters. The van der Waals surface area contributed by atoms with Crippen LogP contribution in [0.15, 0.2) is 34.5 Å². The van der Waals surface area contributed by atoms with Gasteiger partial charge in [-0.3, -0.25) is 9.79 Å². The summed E-state index contributed by atoms with van der Waals surface area (Å²) in [6.45, 7) is 7.40. The number of allylic oxidation sites excluding steroid dienone is 1. The Kier molecular flexibility index (Phi) is 6.95. The predicted molar refractivity (Wildman–Crippen MR) is 108 cm³/mol. The number of carbonyl (C=O) groups excluding carboxylic acids is 3. The molecule has 0 aliphatic carbocycles. The molecule has 7 nitrogen and oxygen atoms in total. The molecule has 1 heterocycles. The van der Waals surface area contributed by atoms with Gasteiger partial charge in [-0.15, -0.1) is 0 Å². The zero-order valence-electron chi connectivity index (χ0n) is 17.9. The molecule has 0 spiro atoms. The molecule has 1 aliphatic rings. The third-order valence-electron chi connectivity index (χ3n) is 5.17. The van der Waals surface area contributed by atoms with Crippen molar-refractivity contribution in [1.29, 1.82) is 0 Å². The van der Waals surface area contributed by atoms with E-state index < -0.39 is 29.7 Å². The fourth-order valence-electron chi connectivity index (χ4n) is 3.67. The lowest BCUT2D eigenvalue weighted by Gasteiger charge is -2.32. The summed E-state index contributed by atoms with van der Waals surface area (Å²) in [4.78, 5) is 42.3. The molecule has 29 heavy (non-hydrogen) atoms. The molecule has 0 amide bonds. The van der Waals surface area contributed by atoms with Gasteiger partial charge in [0.15, 0.2) is 0 Å². The Labute approximate surface area is 170 Å². The van der Waals surface area contributed by atoms with Crippen LogP contribution in [0.4, 0.5) is 0 Å². The van der Waals surface area contributed by atoms with Crippen LogP contribution < -0.4 is 0 Å². The number of nitrogens with zero attached hydrogens (tertiary/aromatic N) is 1. The van der Waals surface area contributed by atoms with Gasteiger partial charge < -0.3 is 14.2 Å². The molecular formula is C22H27NO6. The normalized spacial score (nSPS) is 19.0. The van der Waals surface area contributed by atoms with E-state index in [0.29, 0.717) is 22.5 Å². The minimum Gasteiger partial charge on any atom is -0.468 e. The van der Waals surface area contributed by atoms with E-state index in [2.05, 4.69) is 4.99 Å². The first-order valence-electron chi connectivity index (χ1n) is 9.32. The molecular weight excluding hydrogens is 374 g/mol. The summed E-state index contributed by atoms with van der Waals surface area (Å²) < 4.78 is 14.9. The third-order valence-corrected chi connectivity index (χ3v) is 5.17. The number of carbonyl (C=O) groups is 3. The Hall–Kier alpha value is -2.96. The maximum Gasteiger partial charge on any atom is 0.338 e. The minimum atomic E-state index is -0.869. The molecule has 0 N–H and O–H groups in total. The van der Waals surface area contributed by atoms with Gasteiger partial charge in [0, 0.05) is 17.3 Å². The average Bonchev–Trinajstić information content (AvgIpc) is 2.70. The summed E-state index contributed by atoms with van der Waals surface area (Å²) >= 11 is 0. The third kappa shape index (κ3) is 4.23. The minimum absolute atomic E-state index is 0.177. The van der Waals surface area contributed by atoms with Crippen LogP contribution in [0, 0.1) is 5.92 Å². The molecule has 2 rings (SSSR count). The summed E-state index contributed by atoms with van der Waals surface area (Å²) in [6, 6.07) is 5.38. The molecule has 0 fully saturated rings. The van der Waals surface area contributed by atoms with Crippen LogP contribution >= 0.6 is 0 Å². The zero-order valence-corrected chi connectivity index (χ0v) is 17.9. The number of methoxy groups -OCH3 is 3. The van der Waals surface area contributed by atoms with Gasteiger partial charge in [-0.25, -0.2) is 9.59 Å². The first kappa shape index (κ1) is 22.3. The van der Waals surface area contributed by atoms with Crippen LogP contribution in [-0.2, 0) is 23.8 Å². The Morgan fingerprint density at radius 1 is 0.966 bits per heavy atom. The van der Waals surface area contributed by atoms with Crippen molar-refractivity contribution in [2.45, 2.75) is 39.5 Å². The van der Waals surface area contributed by atoms with E-state index in [0.717, 1.165) is 5.56 Å². The van der Waals surface area contributed by atoms with E-state index in [9.17, 15) is 14.4 Å². The molecule has 1 aromatic carbocycles. The highest BCUT2D eigenvalue weighted by molar-refractivity contribution is 6.07. The van der Waals surface area contributed by atoms with Crippen LogP contribution in [0.3, 0.4) is 0 Å². The van der Waals surface area contributed by atoms with Gasteiger partial charge in [-0.2, -0.15) is 0 Å². The van der Waals surface area contributed by atoms with Gasteiger partial charge in [0.25, 0.3) is 0 Å². The SMILES string of the molecule is COC(=O)C1=C(C)N=C(C)C(C(=O)OC)C1c1ccc(C(C)C)cc1C(=O)OC. The molecule has 0 saturated heterocycles. The lowest BCUT2D eigenvalue weighted by molar-refractivity contribution is -0.143. The molecule has 0 saturated carbocycles. The van der Waals surface area contributed by atoms with Gasteiger partial charge in [0.1, 0.15) is 5.92 Å². The molecule has 156 valence electrons. The van der Waals surface area contributed by atoms with E-state index in [1.54, 1.807) is 26.0 Å². The van der Waals surface area contributed by atoms with Crippen LogP contribution in [0.2, 0.25) is 0 Å². The molecule has 0 bridgehead atoms. The number of ether oxygens (including phenoxy) is 3. The topological polar surface area (TPSA) is 91.3 Å². The van der Waals surface area contributed by atoms with Crippen molar-refractivity contribution in [1.82, 2.24) is 0 Å². The second-order valence-corrected chi connectivity index (χ2v) is 7.22. The lowest BCUT2D eigenvalue weighted by atomic mass is 9.73. The quantitative estimate of drug-likeness (QED) is 0.555. The van der Waals surface area contributed by atoms with Crippen molar-refractivity contribution in [3.8, 4) is 0 Å². The second-order valence-electron chi connectivity index (χ2n) is 7.22. The monoisotopic (exact) mass is 401 g/mol. The number of esters is 3. The number of benzene rings is 1. The van der Waals surface area contributed by atoms with Crippen molar-refractivity contribution in [3.05, 3.63) is 46.2 Å². The number of rotatable bonds is 5. The van der Waals surface area contributed by atoms with E-state index in [4.69, 9.17) is 14.2 Å². The fourth-order valence-corrected chi connectivity index (χ4v) is 3.67. The van der Waals surface area contributed by atoms with E-state index >= 15 is 0 Å². The van der Waals surface area contributed by atoms with Gasteiger partial charge in [-0.05, 0) is 37.0 Å². The highest BCUT2D eigenvalue weighted by atomic mass is 16.5. The van der Waals surface area contributed by atoms with E-state index in [-0.39, 0.29) is 11.5 Å². The summed E-state index contributed by atoms with van der Waals surface area (Å²) in [5.74, 6) is -3.19. The Morgan fingerprint density at radius 2 is 1.59 bits per heavy atom. The lowest BCUT2D eigenvalue weighted by Crippen LogP contribution is -2.36. The fraction of sp³-hybridized carbons (Fsp3) is 0.455. The standard InChI is InChI=1S/C22H27NO6/c1-11(2)14-8-9-15(16(10-14)20(24)27-5)19-17(21(25)28-6)12(3)23-13(4)18(19)22(26)29-7/h8-11,17,19H,1-7H3. The summed E-state index contributed by atoms with van der Waals surface area (Å²) in [6.07, 6.45) is 0.